The second kappa shape index (κ2) is 3.03. The predicted molar refractivity (Wildman–Crippen MR) is 47.7 cm³/mol. The number of aromatic nitrogens is 1. The lowest BCUT2D eigenvalue weighted by Gasteiger charge is -2.33. The van der Waals surface area contributed by atoms with Crippen molar-refractivity contribution in [2.24, 2.45) is 0 Å². The van der Waals surface area contributed by atoms with E-state index >= 15 is 0 Å². The van der Waals surface area contributed by atoms with E-state index in [2.05, 4.69) is 9.83 Å². The zero-order valence-electron chi connectivity index (χ0n) is 7.44. The van der Waals surface area contributed by atoms with Gasteiger partial charge in [0.1, 0.15) is 0 Å². The van der Waals surface area contributed by atoms with Crippen molar-refractivity contribution in [3.63, 3.8) is 0 Å². The minimum Gasteiger partial charge on any atom is -0.392 e. The smallest absolute Gasteiger partial charge is 0.281 e. The average Bonchev–Trinajstić information content (AvgIpc) is 2.14. The summed E-state index contributed by atoms with van der Waals surface area (Å²) in [6.45, 7) is 7.04. The molecule has 1 fully saturated rings. The molecule has 0 spiro atoms. The van der Waals surface area contributed by atoms with Crippen LogP contribution in [0.5, 0.6) is 0 Å². The molecule has 14 heavy (non-hydrogen) atoms. The van der Waals surface area contributed by atoms with E-state index < -0.39 is 17.5 Å². The van der Waals surface area contributed by atoms with Crippen LogP contribution in [0.4, 0.5) is 4.39 Å². The molecule has 0 bridgehead atoms. The molecule has 0 aliphatic heterocycles. The van der Waals surface area contributed by atoms with Crippen LogP contribution in [-0.4, -0.2) is 16.2 Å². The Balaban J connectivity index is 2.40. The van der Waals surface area contributed by atoms with E-state index in [0.29, 0.717) is 0 Å². The molecule has 72 valence electrons. The van der Waals surface area contributed by atoms with E-state index in [1.165, 1.54) is 18.3 Å². The average molecular weight is 192 g/mol. The highest BCUT2D eigenvalue weighted by atomic mass is 19.1. The van der Waals surface area contributed by atoms with E-state index in [-0.39, 0.29) is 18.5 Å². The third kappa shape index (κ3) is 1.17. The largest absolute Gasteiger partial charge is 0.392 e. The molecule has 0 radical (unpaired) electrons. The number of hydrogen-bond acceptors (Lipinski definition) is 2. The topological polar surface area (TPSA) is 37.5 Å². The Kier molecular flexibility index (Phi) is 1.97. The fourth-order valence-corrected chi connectivity index (χ4v) is 1.79. The second-order valence-corrected chi connectivity index (χ2v) is 3.54. The van der Waals surface area contributed by atoms with Crippen LogP contribution in [0.3, 0.4) is 0 Å². The predicted octanol–water partition coefficient (Wildman–Crippen LogP) is 1.49. The Morgan fingerprint density at radius 1 is 1.64 bits per heavy atom. The Labute approximate surface area is 81.0 Å². The summed E-state index contributed by atoms with van der Waals surface area (Å²) in [6.07, 6.45) is 1.54. The van der Waals surface area contributed by atoms with Crippen molar-refractivity contribution in [3.8, 4) is 0 Å². The van der Waals surface area contributed by atoms with Gasteiger partial charge in [-0.3, -0.25) is 0 Å². The normalized spacial score (nSPS) is 30.5. The molecule has 2 rings (SSSR count). The number of aliphatic hydroxyl groups excluding tert-OH is 1. The Bertz CT molecular complexity index is 393. The first-order chi connectivity index (χ1) is 6.68. The summed E-state index contributed by atoms with van der Waals surface area (Å²) in [5, 5.41) is 9.17. The molecular formula is C10H9FN2O. The molecule has 1 aromatic rings. The van der Waals surface area contributed by atoms with Crippen LogP contribution in [0, 0.1) is 12.4 Å². The first-order valence-corrected chi connectivity index (χ1v) is 4.36. The fourth-order valence-electron chi connectivity index (χ4n) is 1.79. The molecule has 0 saturated heterocycles. The lowest BCUT2D eigenvalue weighted by atomic mass is 9.72. The van der Waals surface area contributed by atoms with Crippen molar-refractivity contribution in [1.82, 2.24) is 4.98 Å². The van der Waals surface area contributed by atoms with Gasteiger partial charge in [-0.2, -0.15) is 0 Å². The molecule has 1 heterocycles. The molecule has 0 aromatic carbocycles. The lowest BCUT2D eigenvalue weighted by molar-refractivity contribution is 0.0365. The van der Waals surface area contributed by atoms with Gasteiger partial charge in [-0.1, -0.05) is 0 Å². The fraction of sp³-hybridized carbons (Fsp3) is 0.400. The Morgan fingerprint density at radius 3 is 2.86 bits per heavy atom. The van der Waals surface area contributed by atoms with Crippen LogP contribution in [0.15, 0.2) is 18.3 Å². The first-order valence-electron chi connectivity index (χ1n) is 4.36. The maximum absolute atomic E-state index is 13.3. The van der Waals surface area contributed by atoms with Gasteiger partial charge < -0.3 is 9.95 Å². The summed E-state index contributed by atoms with van der Waals surface area (Å²) in [5.74, 6) is -0.463. The minimum atomic E-state index is -0.926. The Morgan fingerprint density at radius 2 is 2.36 bits per heavy atom. The maximum Gasteiger partial charge on any atom is 0.281 e. The van der Waals surface area contributed by atoms with E-state index in [0.717, 1.165) is 0 Å². The molecule has 4 heteroatoms. The standard InChI is InChI=1S/C10H9FN2O/c1-12-10(5-7(14)6-10)9-8(11)3-2-4-13-9/h2-4,7,14H,5-6H2. The number of aliphatic hydroxyl groups is 1. The number of hydrogen-bond donors (Lipinski definition) is 1. The number of rotatable bonds is 1. The van der Waals surface area contributed by atoms with Gasteiger partial charge >= 0.3 is 0 Å². The highest BCUT2D eigenvalue weighted by Crippen LogP contribution is 2.45. The zero-order valence-corrected chi connectivity index (χ0v) is 7.44. The van der Waals surface area contributed by atoms with Crippen molar-refractivity contribution in [1.29, 1.82) is 0 Å². The molecule has 1 saturated carbocycles. The second-order valence-electron chi connectivity index (χ2n) is 3.54. The van der Waals surface area contributed by atoms with Crippen LogP contribution in [-0.2, 0) is 5.54 Å². The van der Waals surface area contributed by atoms with Crippen molar-refractivity contribution < 1.29 is 9.50 Å². The molecule has 1 N–H and O–H groups in total. The van der Waals surface area contributed by atoms with E-state index in [1.54, 1.807) is 0 Å². The SMILES string of the molecule is [C-]#[N+]C1(c2ncccc2F)CC(O)C1. The van der Waals surface area contributed by atoms with Crippen LogP contribution in [0.25, 0.3) is 4.85 Å². The van der Waals surface area contributed by atoms with Crippen LogP contribution in [0.1, 0.15) is 18.5 Å². The summed E-state index contributed by atoms with van der Waals surface area (Å²) in [4.78, 5) is 7.27. The van der Waals surface area contributed by atoms with Crippen LogP contribution >= 0.6 is 0 Å². The van der Waals surface area contributed by atoms with Gasteiger partial charge in [0.05, 0.1) is 18.9 Å². The molecule has 3 nitrogen and oxygen atoms in total. The lowest BCUT2D eigenvalue weighted by Crippen LogP contribution is -2.43. The zero-order chi connectivity index (χ0) is 10.2. The Hall–Kier alpha value is -1.47. The summed E-state index contributed by atoms with van der Waals surface area (Å²) >= 11 is 0. The first kappa shape index (κ1) is 9.10. The van der Waals surface area contributed by atoms with Gasteiger partial charge in [0.2, 0.25) is 0 Å². The van der Waals surface area contributed by atoms with Crippen molar-refractivity contribution in [3.05, 3.63) is 41.3 Å². The van der Waals surface area contributed by atoms with Gasteiger partial charge in [-0.15, -0.1) is 0 Å². The monoisotopic (exact) mass is 192 g/mol. The molecule has 0 unspecified atom stereocenters. The van der Waals surface area contributed by atoms with E-state index in [9.17, 15) is 9.50 Å². The van der Waals surface area contributed by atoms with Gasteiger partial charge in [0.25, 0.3) is 5.54 Å². The summed E-state index contributed by atoms with van der Waals surface area (Å²) in [7, 11) is 0. The molecule has 1 aliphatic carbocycles. The minimum absolute atomic E-state index is 0.167. The summed E-state index contributed by atoms with van der Waals surface area (Å²) in [6, 6.07) is 2.78. The highest BCUT2D eigenvalue weighted by molar-refractivity contribution is 5.27. The van der Waals surface area contributed by atoms with Crippen LogP contribution < -0.4 is 0 Å². The van der Waals surface area contributed by atoms with Gasteiger partial charge in [-0.25, -0.2) is 15.9 Å². The third-order valence-electron chi connectivity index (χ3n) is 2.56. The van der Waals surface area contributed by atoms with Crippen molar-refractivity contribution in [2.75, 3.05) is 0 Å². The number of nitrogens with zero attached hydrogens (tertiary/aromatic N) is 2. The molecule has 1 aromatic heterocycles. The number of pyridine rings is 1. The van der Waals surface area contributed by atoms with E-state index in [1.807, 2.05) is 0 Å². The van der Waals surface area contributed by atoms with Gasteiger partial charge in [0.15, 0.2) is 11.5 Å². The summed E-state index contributed by atoms with van der Waals surface area (Å²) < 4.78 is 13.3. The quantitative estimate of drug-likeness (QED) is 0.684. The van der Waals surface area contributed by atoms with Gasteiger partial charge in [0, 0.05) is 6.20 Å². The van der Waals surface area contributed by atoms with Crippen LogP contribution in [0.2, 0.25) is 0 Å². The maximum atomic E-state index is 13.3. The third-order valence-corrected chi connectivity index (χ3v) is 2.56. The molecule has 1 aliphatic rings. The van der Waals surface area contributed by atoms with Gasteiger partial charge in [-0.05, 0) is 12.1 Å². The highest BCUT2D eigenvalue weighted by Gasteiger charge is 2.54. The molecule has 0 amide bonds. The summed E-state index contributed by atoms with van der Waals surface area (Å²) in [5.41, 5.74) is -0.759. The number of halogens is 1. The van der Waals surface area contributed by atoms with Crippen molar-refractivity contribution in [2.45, 2.75) is 24.5 Å². The van der Waals surface area contributed by atoms with E-state index in [4.69, 9.17) is 6.57 Å². The molecular weight excluding hydrogens is 183 g/mol. The van der Waals surface area contributed by atoms with Crippen molar-refractivity contribution >= 4 is 0 Å². The molecule has 0 atom stereocenters.